The zero-order chi connectivity index (χ0) is 18.6. The van der Waals surface area contributed by atoms with Crippen LogP contribution in [0.2, 0.25) is 0 Å². The number of carbonyl (C=O) groups excluding carboxylic acids is 2. The second-order valence-electron chi connectivity index (χ2n) is 5.41. The first-order chi connectivity index (χ1) is 11.8. The smallest absolute Gasteiger partial charge is 0.341 e. The van der Waals surface area contributed by atoms with E-state index in [9.17, 15) is 19.2 Å². The number of aromatic nitrogens is 1. The van der Waals surface area contributed by atoms with Crippen LogP contribution >= 0.6 is 0 Å². The van der Waals surface area contributed by atoms with Crippen LogP contribution in [0.5, 0.6) is 0 Å². The molecule has 8 nitrogen and oxygen atoms in total. The number of H-pyrrole nitrogens is 1. The van der Waals surface area contributed by atoms with E-state index in [4.69, 9.17) is 5.11 Å². The molecule has 0 fully saturated rings. The van der Waals surface area contributed by atoms with Crippen LogP contribution < -0.4 is 16.2 Å². The summed E-state index contributed by atoms with van der Waals surface area (Å²) in [5, 5.41) is 14.0. The number of amides is 2. The number of anilines is 1. The molecule has 1 aromatic carbocycles. The van der Waals surface area contributed by atoms with E-state index in [-0.39, 0.29) is 17.4 Å². The van der Waals surface area contributed by atoms with E-state index in [1.807, 2.05) is 0 Å². The SMILES string of the molecule is CC(=O)N[C@H](C)C(=O)Nc1ccc(-c2ccc(C(=O)O)c(=O)[nH]2)cc1. The van der Waals surface area contributed by atoms with Gasteiger partial charge in [-0.2, -0.15) is 0 Å². The molecule has 1 aromatic heterocycles. The Bertz CT molecular complexity index is 871. The summed E-state index contributed by atoms with van der Waals surface area (Å²) in [7, 11) is 0. The van der Waals surface area contributed by atoms with Gasteiger partial charge in [-0.3, -0.25) is 14.4 Å². The van der Waals surface area contributed by atoms with E-state index in [1.165, 1.54) is 19.1 Å². The quantitative estimate of drug-likeness (QED) is 0.648. The standard InChI is InChI=1S/C17H17N3O5/c1-9(18-10(2)21)15(22)19-12-5-3-11(4-6-12)14-8-7-13(17(24)25)16(23)20-14/h3-9H,1-2H3,(H,18,21)(H,19,22)(H,20,23)(H,24,25)/t9-/m1/s1. The normalized spacial score (nSPS) is 11.4. The highest BCUT2D eigenvalue weighted by Gasteiger charge is 2.14. The molecular formula is C17H17N3O5. The van der Waals surface area contributed by atoms with Crippen molar-refractivity contribution in [3.8, 4) is 11.3 Å². The molecule has 4 N–H and O–H groups in total. The lowest BCUT2D eigenvalue weighted by Gasteiger charge is -2.13. The summed E-state index contributed by atoms with van der Waals surface area (Å²) in [4.78, 5) is 47.9. The molecule has 1 atom stereocenters. The summed E-state index contributed by atoms with van der Waals surface area (Å²) < 4.78 is 0. The Balaban J connectivity index is 2.13. The fraction of sp³-hybridized carbons (Fsp3) is 0.176. The molecule has 0 unspecified atom stereocenters. The minimum atomic E-state index is -1.29. The molecule has 8 heteroatoms. The zero-order valence-electron chi connectivity index (χ0n) is 13.6. The number of hydrogen-bond acceptors (Lipinski definition) is 4. The molecule has 0 spiro atoms. The highest BCUT2D eigenvalue weighted by atomic mass is 16.4. The fourth-order valence-electron chi connectivity index (χ4n) is 2.16. The molecule has 0 aliphatic carbocycles. The number of benzene rings is 1. The second-order valence-corrected chi connectivity index (χ2v) is 5.41. The summed E-state index contributed by atoms with van der Waals surface area (Å²) in [5.74, 6) is -1.95. The zero-order valence-corrected chi connectivity index (χ0v) is 13.6. The van der Waals surface area contributed by atoms with Crippen molar-refractivity contribution in [3.63, 3.8) is 0 Å². The summed E-state index contributed by atoms with van der Waals surface area (Å²) in [6.45, 7) is 2.90. The molecule has 1 heterocycles. The van der Waals surface area contributed by atoms with Gasteiger partial charge in [-0.1, -0.05) is 12.1 Å². The average molecular weight is 343 g/mol. The number of carbonyl (C=O) groups is 3. The topological polar surface area (TPSA) is 128 Å². The Labute approximate surface area is 142 Å². The van der Waals surface area contributed by atoms with Crippen molar-refractivity contribution in [2.45, 2.75) is 19.9 Å². The van der Waals surface area contributed by atoms with Crippen LogP contribution in [-0.2, 0) is 9.59 Å². The molecular weight excluding hydrogens is 326 g/mol. The van der Waals surface area contributed by atoms with E-state index >= 15 is 0 Å². The molecule has 0 radical (unpaired) electrons. The predicted molar refractivity (Wildman–Crippen MR) is 91.4 cm³/mol. The van der Waals surface area contributed by atoms with Crippen LogP contribution in [0.25, 0.3) is 11.3 Å². The summed E-state index contributed by atoms with van der Waals surface area (Å²) in [5.41, 5.74) is 0.614. The van der Waals surface area contributed by atoms with Crippen LogP contribution in [0.1, 0.15) is 24.2 Å². The molecule has 2 rings (SSSR count). The van der Waals surface area contributed by atoms with Gasteiger partial charge in [0.25, 0.3) is 5.56 Å². The van der Waals surface area contributed by atoms with Gasteiger partial charge in [0.05, 0.1) is 0 Å². The van der Waals surface area contributed by atoms with Crippen molar-refractivity contribution in [3.05, 3.63) is 52.3 Å². The molecule has 0 saturated carbocycles. The van der Waals surface area contributed by atoms with Gasteiger partial charge in [-0.25, -0.2) is 4.79 Å². The first-order valence-electron chi connectivity index (χ1n) is 7.43. The molecule has 25 heavy (non-hydrogen) atoms. The van der Waals surface area contributed by atoms with Gasteiger partial charge in [0.15, 0.2) is 0 Å². The molecule has 0 aliphatic heterocycles. The molecule has 2 amide bonds. The molecule has 130 valence electrons. The third kappa shape index (κ3) is 4.54. The molecule has 2 aromatic rings. The van der Waals surface area contributed by atoms with Gasteiger partial charge in [0.2, 0.25) is 11.8 Å². The van der Waals surface area contributed by atoms with E-state index in [2.05, 4.69) is 15.6 Å². The Morgan fingerprint density at radius 1 is 1.08 bits per heavy atom. The van der Waals surface area contributed by atoms with E-state index < -0.39 is 17.6 Å². The number of carboxylic acid groups (broad SMARTS) is 1. The van der Waals surface area contributed by atoms with Gasteiger partial charge >= 0.3 is 5.97 Å². The van der Waals surface area contributed by atoms with Gasteiger partial charge in [0, 0.05) is 18.3 Å². The third-order valence-electron chi connectivity index (χ3n) is 3.42. The minimum absolute atomic E-state index is 0.299. The monoisotopic (exact) mass is 343 g/mol. The summed E-state index contributed by atoms with van der Waals surface area (Å²) in [6.07, 6.45) is 0. The second kappa shape index (κ2) is 7.43. The lowest BCUT2D eigenvalue weighted by Crippen LogP contribution is -2.40. The number of aromatic amines is 1. The molecule has 0 aliphatic rings. The van der Waals surface area contributed by atoms with Crippen LogP contribution in [0.3, 0.4) is 0 Å². The molecule has 0 saturated heterocycles. The molecule has 0 bridgehead atoms. The largest absolute Gasteiger partial charge is 0.477 e. The summed E-state index contributed by atoms with van der Waals surface area (Å²) >= 11 is 0. The number of nitrogens with one attached hydrogen (secondary N) is 3. The maximum atomic E-state index is 11.9. The first-order valence-corrected chi connectivity index (χ1v) is 7.43. The minimum Gasteiger partial charge on any atom is -0.477 e. The summed E-state index contributed by atoms with van der Waals surface area (Å²) in [6, 6.07) is 8.68. The Morgan fingerprint density at radius 2 is 1.72 bits per heavy atom. The van der Waals surface area contributed by atoms with E-state index in [0.717, 1.165) is 0 Å². The van der Waals surface area contributed by atoms with E-state index in [1.54, 1.807) is 31.2 Å². The maximum Gasteiger partial charge on any atom is 0.341 e. The van der Waals surface area contributed by atoms with Gasteiger partial charge < -0.3 is 20.7 Å². The van der Waals surface area contributed by atoms with Crippen LogP contribution in [0, 0.1) is 0 Å². The van der Waals surface area contributed by atoms with Crippen molar-refractivity contribution >= 4 is 23.5 Å². The van der Waals surface area contributed by atoms with Crippen molar-refractivity contribution in [2.75, 3.05) is 5.32 Å². The highest BCUT2D eigenvalue weighted by Crippen LogP contribution is 2.19. The van der Waals surface area contributed by atoms with Crippen molar-refractivity contribution in [2.24, 2.45) is 0 Å². The third-order valence-corrected chi connectivity index (χ3v) is 3.42. The lowest BCUT2D eigenvalue weighted by molar-refractivity contribution is -0.124. The van der Waals surface area contributed by atoms with Crippen LogP contribution in [-0.4, -0.2) is 33.9 Å². The van der Waals surface area contributed by atoms with Gasteiger partial charge in [0.1, 0.15) is 11.6 Å². The number of pyridine rings is 1. The first kappa shape index (κ1) is 17.9. The fourth-order valence-corrected chi connectivity index (χ4v) is 2.16. The van der Waals surface area contributed by atoms with Crippen LogP contribution in [0.4, 0.5) is 5.69 Å². The lowest BCUT2D eigenvalue weighted by atomic mass is 10.1. The number of carboxylic acids is 1. The Morgan fingerprint density at radius 3 is 2.24 bits per heavy atom. The average Bonchev–Trinajstić information content (AvgIpc) is 2.54. The number of rotatable bonds is 5. The maximum absolute atomic E-state index is 11.9. The van der Waals surface area contributed by atoms with Crippen LogP contribution in [0.15, 0.2) is 41.2 Å². The number of hydrogen-bond donors (Lipinski definition) is 4. The Kier molecular flexibility index (Phi) is 5.33. The van der Waals surface area contributed by atoms with Crippen molar-refractivity contribution < 1.29 is 19.5 Å². The predicted octanol–water partition coefficient (Wildman–Crippen LogP) is 1.20. The van der Waals surface area contributed by atoms with E-state index in [0.29, 0.717) is 16.9 Å². The van der Waals surface area contributed by atoms with Gasteiger partial charge in [-0.05, 0) is 36.8 Å². The number of aromatic carboxylic acids is 1. The van der Waals surface area contributed by atoms with Crippen molar-refractivity contribution in [1.29, 1.82) is 0 Å². The highest BCUT2D eigenvalue weighted by molar-refractivity contribution is 5.96. The Hall–Kier alpha value is -3.42. The van der Waals surface area contributed by atoms with Gasteiger partial charge in [-0.15, -0.1) is 0 Å². The van der Waals surface area contributed by atoms with Crippen molar-refractivity contribution in [1.82, 2.24) is 10.3 Å².